The fourth-order valence-electron chi connectivity index (χ4n) is 1.54. The number of hydrogen-bond acceptors (Lipinski definition) is 5. The van der Waals surface area contributed by atoms with E-state index in [4.69, 9.17) is 14.3 Å². The van der Waals surface area contributed by atoms with E-state index in [0.717, 1.165) is 19.0 Å². The van der Waals surface area contributed by atoms with Gasteiger partial charge in [-0.2, -0.15) is 0 Å². The van der Waals surface area contributed by atoms with Crippen molar-refractivity contribution in [2.45, 2.75) is 23.9 Å². The Kier molecular flexibility index (Phi) is 2.76. The van der Waals surface area contributed by atoms with Crippen molar-refractivity contribution in [3.8, 4) is 0 Å². The number of aromatic nitrogens is 1. The number of ether oxygens (including phenoxy) is 1. The van der Waals surface area contributed by atoms with Gasteiger partial charge in [-0.15, -0.1) is 0 Å². The van der Waals surface area contributed by atoms with Crippen molar-refractivity contribution in [1.29, 1.82) is 0 Å². The maximum Gasteiger partial charge on any atom is 0.273 e. The second kappa shape index (κ2) is 3.92. The van der Waals surface area contributed by atoms with Crippen LogP contribution in [0.5, 0.6) is 0 Å². The summed E-state index contributed by atoms with van der Waals surface area (Å²) in [4.78, 5) is 3.92. The molecule has 0 radical (unpaired) electrons. The van der Waals surface area contributed by atoms with Crippen LogP contribution in [0.25, 0.3) is 0 Å². The maximum atomic E-state index is 10.9. The Hall–Kier alpha value is -0.920. The van der Waals surface area contributed by atoms with Crippen LogP contribution >= 0.6 is 0 Å². The Morgan fingerprint density at radius 2 is 2.07 bits per heavy atom. The van der Waals surface area contributed by atoms with Crippen LogP contribution in [0.3, 0.4) is 0 Å². The highest BCUT2D eigenvalue weighted by atomic mass is 32.2. The molecule has 6 nitrogen and oxygen atoms in total. The Balaban J connectivity index is 2.19. The van der Waals surface area contributed by atoms with Gasteiger partial charge in [0.15, 0.2) is 5.89 Å². The molecule has 1 aromatic rings. The predicted molar refractivity (Wildman–Crippen MR) is 50.7 cm³/mol. The molecule has 2 rings (SSSR count). The molecule has 0 bridgehead atoms. The minimum Gasteiger partial charge on any atom is -0.428 e. The Morgan fingerprint density at radius 1 is 1.40 bits per heavy atom. The fourth-order valence-corrected chi connectivity index (χ4v) is 1.94. The van der Waals surface area contributed by atoms with Gasteiger partial charge in [0.1, 0.15) is 0 Å². The van der Waals surface area contributed by atoms with Crippen molar-refractivity contribution < 1.29 is 17.6 Å². The van der Waals surface area contributed by atoms with Crippen molar-refractivity contribution in [2.24, 2.45) is 5.14 Å². The molecule has 0 aromatic carbocycles. The molecule has 0 atom stereocenters. The summed E-state index contributed by atoms with van der Waals surface area (Å²) in [6.07, 6.45) is 2.75. The van der Waals surface area contributed by atoms with E-state index in [9.17, 15) is 8.42 Å². The molecule has 0 spiro atoms. The summed E-state index contributed by atoms with van der Waals surface area (Å²) in [5.41, 5.74) is 0. The molecule has 84 valence electrons. The summed E-state index contributed by atoms with van der Waals surface area (Å²) in [7, 11) is -3.78. The molecule has 15 heavy (non-hydrogen) atoms. The smallest absolute Gasteiger partial charge is 0.273 e. The zero-order chi connectivity index (χ0) is 10.9. The number of sulfonamides is 1. The molecule has 7 heteroatoms. The van der Waals surface area contributed by atoms with E-state index in [-0.39, 0.29) is 11.0 Å². The van der Waals surface area contributed by atoms with Gasteiger partial charge in [0.2, 0.25) is 0 Å². The van der Waals surface area contributed by atoms with Gasteiger partial charge in [-0.05, 0) is 12.8 Å². The minimum absolute atomic E-state index is 0.134. The number of primary sulfonamides is 1. The molecule has 2 N–H and O–H groups in total. The second-order valence-electron chi connectivity index (χ2n) is 3.45. The van der Waals surface area contributed by atoms with E-state index in [1.807, 2.05) is 0 Å². The highest BCUT2D eigenvalue weighted by Crippen LogP contribution is 2.26. The van der Waals surface area contributed by atoms with E-state index >= 15 is 0 Å². The normalized spacial score (nSPS) is 19.3. The van der Waals surface area contributed by atoms with Gasteiger partial charge in [-0.25, -0.2) is 18.5 Å². The van der Waals surface area contributed by atoms with Crippen LogP contribution < -0.4 is 5.14 Å². The monoisotopic (exact) mass is 232 g/mol. The summed E-state index contributed by atoms with van der Waals surface area (Å²) < 4.78 is 32.2. The first kappa shape index (κ1) is 10.6. The van der Waals surface area contributed by atoms with E-state index in [2.05, 4.69) is 4.98 Å². The minimum atomic E-state index is -3.78. The first-order valence-electron chi connectivity index (χ1n) is 4.63. The lowest BCUT2D eigenvalue weighted by molar-refractivity contribution is 0.0785. The number of rotatable bonds is 2. The Morgan fingerprint density at radius 3 is 2.60 bits per heavy atom. The predicted octanol–water partition coefficient (Wildman–Crippen LogP) is 0.216. The van der Waals surface area contributed by atoms with Gasteiger partial charge in [0.25, 0.3) is 15.1 Å². The first-order chi connectivity index (χ1) is 7.07. The van der Waals surface area contributed by atoms with Crippen molar-refractivity contribution in [3.05, 3.63) is 12.1 Å². The number of hydrogen-bond donors (Lipinski definition) is 1. The zero-order valence-electron chi connectivity index (χ0n) is 8.05. The van der Waals surface area contributed by atoms with Gasteiger partial charge < -0.3 is 9.15 Å². The quantitative estimate of drug-likeness (QED) is 0.786. The molecular weight excluding hydrogens is 220 g/mol. The van der Waals surface area contributed by atoms with Gasteiger partial charge in [0.05, 0.1) is 6.20 Å². The fraction of sp³-hybridized carbons (Fsp3) is 0.625. The van der Waals surface area contributed by atoms with Crippen LogP contribution in [0, 0.1) is 0 Å². The van der Waals surface area contributed by atoms with E-state index < -0.39 is 10.0 Å². The van der Waals surface area contributed by atoms with E-state index in [1.54, 1.807) is 0 Å². The van der Waals surface area contributed by atoms with Crippen molar-refractivity contribution in [3.63, 3.8) is 0 Å². The topological polar surface area (TPSA) is 95.4 Å². The Bertz CT molecular complexity index is 433. The van der Waals surface area contributed by atoms with Crippen molar-refractivity contribution in [2.75, 3.05) is 13.2 Å². The zero-order valence-corrected chi connectivity index (χ0v) is 8.87. The largest absolute Gasteiger partial charge is 0.428 e. The third kappa shape index (κ3) is 2.36. The molecule has 1 fully saturated rings. The van der Waals surface area contributed by atoms with Crippen LogP contribution in [0.15, 0.2) is 15.7 Å². The molecule has 0 saturated carbocycles. The molecule has 0 unspecified atom stereocenters. The summed E-state index contributed by atoms with van der Waals surface area (Å²) in [5.74, 6) is 0.566. The maximum absolute atomic E-state index is 10.9. The number of nitrogens with zero attached hydrogens (tertiary/aromatic N) is 1. The third-order valence-electron chi connectivity index (χ3n) is 2.35. The van der Waals surface area contributed by atoms with Crippen molar-refractivity contribution >= 4 is 10.0 Å². The van der Waals surface area contributed by atoms with Crippen molar-refractivity contribution in [1.82, 2.24) is 4.98 Å². The highest BCUT2D eigenvalue weighted by molar-refractivity contribution is 7.89. The van der Waals surface area contributed by atoms with E-state index in [0.29, 0.717) is 19.1 Å². The van der Waals surface area contributed by atoms with E-state index in [1.165, 1.54) is 0 Å². The summed E-state index contributed by atoms with van der Waals surface area (Å²) in [6, 6.07) is 0. The first-order valence-corrected chi connectivity index (χ1v) is 6.18. The van der Waals surface area contributed by atoms with Crippen LogP contribution in [-0.4, -0.2) is 26.6 Å². The van der Waals surface area contributed by atoms with Gasteiger partial charge in [-0.3, -0.25) is 0 Å². The third-order valence-corrected chi connectivity index (χ3v) is 3.10. The molecule has 0 amide bonds. The summed E-state index contributed by atoms with van der Waals surface area (Å²) >= 11 is 0. The number of oxazole rings is 1. The van der Waals surface area contributed by atoms with Gasteiger partial charge in [-0.1, -0.05) is 0 Å². The number of nitrogens with two attached hydrogens (primary N) is 1. The summed E-state index contributed by atoms with van der Waals surface area (Å²) in [5, 5.41) is 4.64. The molecule has 1 saturated heterocycles. The lowest BCUT2D eigenvalue weighted by atomic mass is 10.0. The molecule has 2 heterocycles. The second-order valence-corrected chi connectivity index (χ2v) is 4.94. The molecule has 1 aromatic heterocycles. The van der Waals surface area contributed by atoms with Crippen LogP contribution in [-0.2, 0) is 14.8 Å². The lowest BCUT2D eigenvalue weighted by Crippen LogP contribution is -2.14. The SMILES string of the molecule is NS(=O)(=O)c1cnc(C2CCOCC2)o1. The molecule has 0 aliphatic carbocycles. The average Bonchev–Trinajstić information content (AvgIpc) is 2.67. The molecule has 1 aliphatic heterocycles. The average molecular weight is 232 g/mol. The lowest BCUT2D eigenvalue weighted by Gasteiger charge is -2.18. The van der Waals surface area contributed by atoms with Crippen LogP contribution in [0.2, 0.25) is 0 Å². The van der Waals surface area contributed by atoms with Gasteiger partial charge >= 0.3 is 0 Å². The summed E-state index contributed by atoms with van der Waals surface area (Å²) in [6.45, 7) is 1.30. The molecule has 1 aliphatic rings. The van der Waals surface area contributed by atoms with Gasteiger partial charge in [0, 0.05) is 19.1 Å². The van der Waals surface area contributed by atoms with Crippen LogP contribution in [0.4, 0.5) is 0 Å². The standard InChI is InChI=1S/C8H12N2O4S/c9-15(11,12)7-5-10-8(14-7)6-1-3-13-4-2-6/h5-6H,1-4H2,(H2,9,11,12). The van der Waals surface area contributed by atoms with Crippen LogP contribution in [0.1, 0.15) is 24.7 Å². The highest BCUT2D eigenvalue weighted by Gasteiger charge is 2.23. The Labute approximate surface area is 87.5 Å². The molecular formula is C8H12N2O4S.